The van der Waals surface area contributed by atoms with Crippen LogP contribution in [-0.4, -0.2) is 43.8 Å². The van der Waals surface area contributed by atoms with Crippen molar-refractivity contribution in [1.29, 1.82) is 5.26 Å². The van der Waals surface area contributed by atoms with E-state index < -0.39 is 0 Å². The fourth-order valence-electron chi connectivity index (χ4n) is 2.87. The number of piperidine rings is 1. The molecule has 4 heteroatoms. The molecule has 2 aliphatic heterocycles. The van der Waals surface area contributed by atoms with Gasteiger partial charge in [-0.15, -0.1) is 0 Å². The number of hydrogen-bond acceptors (Lipinski definition) is 4. The van der Waals surface area contributed by atoms with Gasteiger partial charge in [0.25, 0.3) is 0 Å². The summed E-state index contributed by atoms with van der Waals surface area (Å²) in [6, 6.07) is 2.85. The van der Waals surface area contributed by atoms with Gasteiger partial charge in [0.2, 0.25) is 0 Å². The molecular weight excluding hydrogens is 202 g/mol. The van der Waals surface area contributed by atoms with Crippen LogP contribution in [0.4, 0.5) is 0 Å². The van der Waals surface area contributed by atoms with Crippen molar-refractivity contribution in [2.24, 2.45) is 23.0 Å². The summed E-state index contributed by atoms with van der Waals surface area (Å²) in [5, 5.41) is 9.32. The van der Waals surface area contributed by atoms with Crippen molar-refractivity contribution in [3.63, 3.8) is 0 Å². The van der Waals surface area contributed by atoms with Gasteiger partial charge in [0.05, 0.1) is 25.2 Å². The van der Waals surface area contributed by atoms with Crippen LogP contribution in [0.1, 0.15) is 13.8 Å². The van der Waals surface area contributed by atoms with E-state index in [1.165, 1.54) is 0 Å². The summed E-state index contributed by atoms with van der Waals surface area (Å²) in [4.78, 5) is 2.35. The molecule has 0 aromatic carbocycles. The summed E-state index contributed by atoms with van der Waals surface area (Å²) in [5.41, 5.74) is 5.82. The Balaban J connectivity index is 2.11. The summed E-state index contributed by atoms with van der Waals surface area (Å²) in [6.07, 6.45) is 0. The molecule has 0 aromatic heterocycles. The second-order valence-corrected chi connectivity index (χ2v) is 5.35. The predicted molar refractivity (Wildman–Crippen MR) is 61.6 cm³/mol. The van der Waals surface area contributed by atoms with Gasteiger partial charge >= 0.3 is 0 Å². The molecule has 0 aromatic rings. The van der Waals surface area contributed by atoms with Crippen molar-refractivity contribution >= 4 is 0 Å². The van der Waals surface area contributed by atoms with Gasteiger partial charge in [0.1, 0.15) is 0 Å². The van der Waals surface area contributed by atoms with Gasteiger partial charge in [-0.25, -0.2) is 0 Å². The molecule has 2 N–H and O–H groups in total. The van der Waals surface area contributed by atoms with Gasteiger partial charge in [-0.05, 0) is 12.8 Å². The summed E-state index contributed by atoms with van der Waals surface area (Å²) >= 11 is 0. The number of rotatable bonds is 2. The van der Waals surface area contributed by atoms with E-state index in [0.29, 0.717) is 18.5 Å². The summed E-state index contributed by atoms with van der Waals surface area (Å²) < 4.78 is 5.35. The van der Waals surface area contributed by atoms with E-state index in [1.807, 2.05) is 0 Å². The summed E-state index contributed by atoms with van der Waals surface area (Å²) in [6.45, 7) is 8.45. The van der Waals surface area contributed by atoms with Gasteiger partial charge in [0, 0.05) is 31.1 Å². The van der Waals surface area contributed by atoms with Crippen LogP contribution >= 0.6 is 0 Å². The maximum absolute atomic E-state index is 9.32. The lowest BCUT2D eigenvalue weighted by molar-refractivity contribution is -0.190. The zero-order valence-electron chi connectivity index (χ0n) is 10.1. The molecule has 2 heterocycles. The van der Waals surface area contributed by atoms with Crippen LogP contribution in [0, 0.1) is 28.6 Å². The molecule has 4 nitrogen and oxygen atoms in total. The number of nitriles is 1. The predicted octanol–water partition coefficient (Wildman–Crippen LogP) is 0.442. The minimum Gasteiger partial charge on any atom is -0.380 e. The summed E-state index contributed by atoms with van der Waals surface area (Å²) in [5.74, 6) is 0.618. The van der Waals surface area contributed by atoms with Gasteiger partial charge in [-0.1, -0.05) is 6.92 Å². The Hall–Kier alpha value is -0.630. The van der Waals surface area contributed by atoms with Crippen LogP contribution < -0.4 is 5.73 Å². The normalized spacial score (nSPS) is 35.4. The first-order valence-corrected chi connectivity index (χ1v) is 6.05. The molecule has 0 bridgehead atoms. The van der Waals surface area contributed by atoms with Crippen molar-refractivity contribution < 1.29 is 4.74 Å². The monoisotopic (exact) mass is 223 g/mol. The maximum Gasteiger partial charge on any atom is 0.0694 e. The Labute approximate surface area is 97.3 Å². The fourth-order valence-corrected chi connectivity index (χ4v) is 2.87. The molecule has 3 atom stereocenters. The van der Waals surface area contributed by atoms with Gasteiger partial charge < -0.3 is 10.5 Å². The third-order valence-electron chi connectivity index (χ3n) is 4.46. The molecule has 2 saturated heterocycles. The molecule has 1 spiro atoms. The van der Waals surface area contributed by atoms with Gasteiger partial charge in [-0.3, -0.25) is 4.90 Å². The average molecular weight is 223 g/mol. The zero-order chi connectivity index (χ0) is 11.8. The van der Waals surface area contributed by atoms with E-state index in [9.17, 15) is 5.26 Å². The molecular formula is C12H21N3O. The molecule has 2 rings (SSSR count). The first-order valence-electron chi connectivity index (χ1n) is 6.05. The second kappa shape index (κ2) is 4.33. The first kappa shape index (κ1) is 11.8. The van der Waals surface area contributed by atoms with E-state index in [0.717, 1.165) is 26.3 Å². The summed E-state index contributed by atoms with van der Waals surface area (Å²) in [7, 11) is 0. The molecule has 90 valence electrons. The highest BCUT2D eigenvalue weighted by atomic mass is 16.5. The van der Waals surface area contributed by atoms with Crippen molar-refractivity contribution in [2.75, 3.05) is 32.8 Å². The molecule has 0 saturated carbocycles. The van der Waals surface area contributed by atoms with E-state index in [-0.39, 0.29) is 11.3 Å². The topological polar surface area (TPSA) is 62.3 Å². The number of ether oxygens (including phenoxy) is 1. The highest BCUT2D eigenvalue weighted by molar-refractivity contribution is 5.08. The number of likely N-dealkylation sites (tertiary alicyclic amines) is 1. The largest absolute Gasteiger partial charge is 0.380 e. The lowest BCUT2D eigenvalue weighted by Crippen LogP contribution is -2.63. The van der Waals surface area contributed by atoms with Crippen molar-refractivity contribution in [3.8, 4) is 6.07 Å². The Morgan fingerprint density at radius 3 is 2.69 bits per heavy atom. The maximum atomic E-state index is 9.32. The van der Waals surface area contributed by atoms with Crippen LogP contribution in [0.2, 0.25) is 0 Å². The molecule has 16 heavy (non-hydrogen) atoms. The van der Waals surface area contributed by atoms with E-state index in [2.05, 4.69) is 24.8 Å². The number of nitrogens with two attached hydrogens (primary N) is 1. The first-order chi connectivity index (χ1) is 7.64. The fraction of sp³-hybridized carbons (Fsp3) is 0.917. The highest BCUT2D eigenvalue weighted by Gasteiger charge is 2.53. The van der Waals surface area contributed by atoms with Crippen LogP contribution in [-0.2, 0) is 4.74 Å². The lowest BCUT2D eigenvalue weighted by atomic mass is 9.63. The van der Waals surface area contributed by atoms with Crippen molar-refractivity contribution in [1.82, 2.24) is 4.90 Å². The Morgan fingerprint density at radius 1 is 1.56 bits per heavy atom. The molecule has 0 radical (unpaired) electrons. The van der Waals surface area contributed by atoms with Crippen LogP contribution in [0.15, 0.2) is 0 Å². The Bertz CT molecular complexity index is 295. The molecule has 3 unspecified atom stereocenters. The minimum absolute atomic E-state index is 0.0963. The minimum atomic E-state index is 0.0963. The van der Waals surface area contributed by atoms with Crippen molar-refractivity contribution in [2.45, 2.75) is 19.9 Å². The second-order valence-electron chi connectivity index (χ2n) is 5.35. The molecule has 0 amide bonds. The lowest BCUT2D eigenvalue weighted by Gasteiger charge is -2.55. The molecule has 2 fully saturated rings. The standard InChI is InChI=1S/C12H21N3O/c1-9-5-15(10(2)3-13)6-11(4-14)12(9)7-16-8-12/h9-11H,3,5-8,13H2,1-2H3. The van der Waals surface area contributed by atoms with Crippen LogP contribution in [0.25, 0.3) is 0 Å². The van der Waals surface area contributed by atoms with E-state index >= 15 is 0 Å². The quantitative estimate of drug-likeness (QED) is 0.738. The van der Waals surface area contributed by atoms with Crippen LogP contribution in [0.3, 0.4) is 0 Å². The van der Waals surface area contributed by atoms with Crippen LogP contribution in [0.5, 0.6) is 0 Å². The Morgan fingerprint density at radius 2 is 2.25 bits per heavy atom. The Kier molecular flexibility index (Phi) is 3.20. The zero-order valence-corrected chi connectivity index (χ0v) is 10.1. The smallest absolute Gasteiger partial charge is 0.0694 e. The third kappa shape index (κ3) is 1.64. The van der Waals surface area contributed by atoms with E-state index in [4.69, 9.17) is 10.5 Å². The molecule has 0 aliphatic carbocycles. The van der Waals surface area contributed by atoms with Crippen molar-refractivity contribution in [3.05, 3.63) is 0 Å². The van der Waals surface area contributed by atoms with Gasteiger partial charge in [0.15, 0.2) is 0 Å². The third-order valence-corrected chi connectivity index (χ3v) is 4.46. The van der Waals surface area contributed by atoms with E-state index in [1.54, 1.807) is 0 Å². The van der Waals surface area contributed by atoms with Gasteiger partial charge in [-0.2, -0.15) is 5.26 Å². The SMILES string of the molecule is CC(CN)N1CC(C)C2(COC2)C(C#N)C1. The molecule has 2 aliphatic rings. The highest BCUT2D eigenvalue weighted by Crippen LogP contribution is 2.46. The number of nitrogens with zero attached hydrogens (tertiary/aromatic N) is 2. The average Bonchev–Trinajstić information content (AvgIpc) is 2.24. The number of hydrogen-bond donors (Lipinski definition) is 1.